The molecule has 1 heterocycles. The lowest BCUT2D eigenvalue weighted by atomic mass is 10.1. The van der Waals surface area contributed by atoms with E-state index in [2.05, 4.69) is 44.3 Å². The van der Waals surface area contributed by atoms with E-state index in [1.165, 1.54) is 40.6 Å². The maximum atomic E-state index is 12.7. The van der Waals surface area contributed by atoms with Crippen molar-refractivity contribution in [1.82, 2.24) is 10.2 Å². The fraction of sp³-hybridized carbons (Fsp3) is 0.452. The van der Waals surface area contributed by atoms with Gasteiger partial charge in [0.25, 0.3) is 11.8 Å². The van der Waals surface area contributed by atoms with Crippen LogP contribution in [0.25, 0.3) is 0 Å². The van der Waals surface area contributed by atoms with Crippen molar-refractivity contribution in [3.63, 3.8) is 0 Å². The number of rotatable bonds is 17. The lowest BCUT2D eigenvalue weighted by Gasteiger charge is -2.22. The Hall–Kier alpha value is -3.66. The van der Waals surface area contributed by atoms with Crippen LogP contribution in [0.15, 0.2) is 59.2 Å². The number of carboxylic acids is 2. The normalized spacial score (nSPS) is 14.9. The third-order valence-corrected chi connectivity index (χ3v) is 7.63. The monoisotopic (exact) mass is 584 g/mol. The van der Waals surface area contributed by atoms with Gasteiger partial charge in [0.15, 0.2) is 0 Å². The molecule has 41 heavy (non-hydrogen) atoms. The first kappa shape index (κ1) is 33.5. The van der Waals surface area contributed by atoms with Gasteiger partial charge >= 0.3 is 11.9 Å². The molecule has 1 aliphatic heterocycles. The fourth-order valence-corrected chi connectivity index (χ4v) is 5.29. The highest BCUT2D eigenvalue weighted by Gasteiger charge is 2.42. The summed E-state index contributed by atoms with van der Waals surface area (Å²) < 4.78 is 0. The minimum absolute atomic E-state index is 0.113. The first-order valence-electron chi connectivity index (χ1n) is 13.7. The van der Waals surface area contributed by atoms with Gasteiger partial charge in [0.05, 0.1) is 11.1 Å². The Morgan fingerprint density at radius 3 is 1.95 bits per heavy atom. The van der Waals surface area contributed by atoms with Crippen LogP contribution in [0, 0.1) is 0 Å². The Kier molecular flexibility index (Phi) is 13.6. The molecule has 1 aliphatic rings. The summed E-state index contributed by atoms with van der Waals surface area (Å²) in [7, 11) is 0. The van der Waals surface area contributed by atoms with Crippen LogP contribution in [-0.4, -0.2) is 68.4 Å². The summed E-state index contributed by atoms with van der Waals surface area (Å²) in [5.41, 5.74) is 4.12. The second-order valence-corrected chi connectivity index (χ2v) is 11.4. The molecule has 10 heteroatoms. The van der Waals surface area contributed by atoms with Crippen LogP contribution in [0.3, 0.4) is 0 Å². The second-order valence-electron chi connectivity index (χ2n) is 10.4. The minimum atomic E-state index is -1.55. The summed E-state index contributed by atoms with van der Waals surface area (Å²) in [4.78, 5) is 62.1. The molecule has 0 radical (unpaired) electrons. The number of hydrogen-bond donors (Lipinski definition) is 3. The molecule has 0 aliphatic carbocycles. The van der Waals surface area contributed by atoms with E-state index in [0.717, 1.165) is 25.7 Å². The number of carbonyl (C=O) groups excluding carboxylic acids is 3. The van der Waals surface area contributed by atoms with E-state index in [1.54, 1.807) is 12.1 Å². The van der Waals surface area contributed by atoms with Crippen molar-refractivity contribution in [2.24, 2.45) is 0 Å². The van der Waals surface area contributed by atoms with Crippen molar-refractivity contribution in [3.8, 4) is 0 Å². The fourth-order valence-electron chi connectivity index (χ4n) is 4.29. The second kappa shape index (κ2) is 16.6. The quantitative estimate of drug-likeness (QED) is 0.128. The van der Waals surface area contributed by atoms with E-state index in [-0.39, 0.29) is 29.7 Å². The van der Waals surface area contributed by atoms with Crippen molar-refractivity contribution >= 4 is 41.4 Å². The topological polar surface area (TPSA) is 141 Å². The van der Waals surface area contributed by atoms with E-state index in [4.69, 9.17) is 0 Å². The molecule has 0 bridgehead atoms. The number of nitrogens with one attached hydrogen (secondary N) is 1. The van der Waals surface area contributed by atoms with Crippen LogP contribution in [-0.2, 0) is 14.4 Å². The van der Waals surface area contributed by atoms with Crippen LogP contribution in [0.5, 0.6) is 0 Å². The number of aliphatic carboxylic acids is 2. The van der Waals surface area contributed by atoms with Crippen molar-refractivity contribution < 1.29 is 34.2 Å². The molecule has 0 aromatic heterocycles. The standard InChI is InChI=1S/C31H40N2O7S/c1-20(2)9-7-10-21(3)11-8-12-22(4)17-18-41-19-25(30(37)38)32-27(34)16-15-26(31(39)40)33-28(35)23-13-5-6-14-24(23)29(33)36/h5-6,9,11,13-14,17,25-26H,7-8,10,12,15-16,18-19H2,1-4H3,(H,32,34)(H,37,38)(H,39,40)/b21-11+,22-17+/t25-,26+/m0/s1. The van der Waals surface area contributed by atoms with Gasteiger partial charge in [-0.15, -0.1) is 0 Å². The molecule has 1 aromatic carbocycles. The van der Waals surface area contributed by atoms with Gasteiger partial charge in [0.2, 0.25) is 5.91 Å². The maximum absolute atomic E-state index is 12.7. The number of carboxylic acid groups (broad SMARTS) is 2. The van der Waals surface area contributed by atoms with Gasteiger partial charge in [-0.25, -0.2) is 9.59 Å². The van der Waals surface area contributed by atoms with Crippen LogP contribution in [0.4, 0.5) is 0 Å². The minimum Gasteiger partial charge on any atom is -0.480 e. The van der Waals surface area contributed by atoms with Gasteiger partial charge < -0.3 is 15.5 Å². The SMILES string of the molecule is CC(C)=CCC/C(C)=C/CC/C(C)=C/CSC[C@H](NC(=O)CC[C@H](C(=O)O)N1C(=O)c2ccccc2C1=O)C(=O)O. The van der Waals surface area contributed by atoms with Gasteiger partial charge in [-0.05, 0) is 71.9 Å². The van der Waals surface area contributed by atoms with Gasteiger partial charge in [-0.1, -0.05) is 47.1 Å². The van der Waals surface area contributed by atoms with Gasteiger partial charge in [0.1, 0.15) is 12.1 Å². The number of carbonyl (C=O) groups is 5. The molecule has 0 unspecified atom stereocenters. The maximum Gasteiger partial charge on any atom is 0.327 e. The Morgan fingerprint density at radius 2 is 1.41 bits per heavy atom. The highest BCUT2D eigenvalue weighted by molar-refractivity contribution is 7.99. The molecule has 3 N–H and O–H groups in total. The number of amides is 3. The molecule has 0 saturated heterocycles. The van der Waals surface area contributed by atoms with Gasteiger partial charge in [-0.3, -0.25) is 19.3 Å². The third kappa shape index (κ3) is 10.7. The number of allylic oxidation sites excluding steroid dienone is 5. The smallest absolute Gasteiger partial charge is 0.327 e. The third-order valence-electron chi connectivity index (χ3n) is 6.66. The summed E-state index contributed by atoms with van der Waals surface area (Å²) >= 11 is 1.37. The van der Waals surface area contributed by atoms with Crippen LogP contribution < -0.4 is 5.32 Å². The first-order chi connectivity index (χ1) is 19.4. The van der Waals surface area contributed by atoms with Crippen LogP contribution >= 0.6 is 11.8 Å². The van der Waals surface area contributed by atoms with Crippen molar-refractivity contribution in [2.75, 3.05) is 11.5 Å². The van der Waals surface area contributed by atoms with Gasteiger partial charge in [0, 0.05) is 17.9 Å². The highest BCUT2D eigenvalue weighted by Crippen LogP contribution is 2.26. The molecule has 2 rings (SSSR count). The number of fused-ring (bicyclic) bond motifs is 1. The van der Waals surface area contributed by atoms with Crippen LogP contribution in [0.2, 0.25) is 0 Å². The molecule has 0 fully saturated rings. The molecule has 3 amide bonds. The number of thioether (sulfide) groups is 1. The zero-order valence-corrected chi connectivity index (χ0v) is 25.0. The van der Waals surface area contributed by atoms with Crippen molar-refractivity contribution in [2.45, 2.75) is 78.3 Å². The lowest BCUT2D eigenvalue weighted by molar-refractivity contribution is -0.143. The number of hydrogen-bond acceptors (Lipinski definition) is 6. The molecule has 0 saturated carbocycles. The van der Waals surface area contributed by atoms with E-state index in [0.29, 0.717) is 10.7 Å². The van der Waals surface area contributed by atoms with Crippen LogP contribution in [0.1, 0.15) is 86.9 Å². The predicted octanol–water partition coefficient (Wildman–Crippen LogP) is 5.24. The number of nitrogens with zero attached hydrogens (tertiary/aromatic N) is 1. The predicted molar refractivity (Wildman–Crippen MR) is 160 cm³/mol. The Morgan fingerprint density at radius 1 is 0.854 bits per heavy atom. The lowest BCUT2D eigenvalue weighted by Crippen LogP contribution is -2.46. The Bertz CT molecular complexity index is 1200. The molecule has 9 nitrogen and oxygen atoms in total. The highest BCUT2D eigenvalue weighted by atomic mass is 32.2. The number of benzene rings is 1. The van der Waals surface area contributed by atoms with E-state index >= 15 is 0 Å². The first-order valence-corrected chi connectivity index (χ1v) is 14.8. The van der Waals surface area contributed by atoms with Gasteiger partial charge in [-0.2, -0.15) is 11.8 Å². The molecule has 1 aromatic rings. The van der Waals surface area contributed by atoms with E-state index in [1.807, 2.05) is 6.92 Å². The van der Waals surface area contributed by atoms with Crippen molar-refractivity contribution in [3.05, 3.63) is 70.3 Å². The molecular formula is C31H40N2O7S. The summed E-state index contributed by atoms with van der Waals surface area (Å²) in [6, 6.07) is 3.33. The largest absolute Gasteiger partial charge is 0.480 e. The zero-order chi connectivity index (χ0) is 30.5. The summed E-state index contributed by atoms with van der Waals surface area (Å²) in [6.45, 7) is 8.37. The summed E-state index contributed by atoms with van der Waals surface area (Å²) in [5, 5.41) is 21.6. The molecule has 222 valence electrons. The molecular weight excluding hydrogens is 544 g/mol. The average Bonchev–Trinajstić information content (AvgIpc) is 3.15. The average molecular weight is 585 g/mol. The Balaban J connectivity index is 1.81. The number of imide groups is 1. The zero-order valence-electron chi connectivity index (χ0n) is 24.1. The summed E-state index contributed by atoms with van der Waals surface area (Å²) in [6.07, 6.45) is 9.79. The summed E-state index contributed by atoms with van der Waals surface area (Å²) in [5.74, 6) is -4.02. The Labute approximate surface area is 245 Å². The molecule has 0 spiro atoms. The van der Waals surface area contributed by atoms with E-state index < -0.39 is 41.7 Å². The van der Waals surface area contributed by atoms with E-state index in [9.17, 15) is 34.2 Å². The van der Waals surface area contributed by atoms with Crippen molar-refractivity contribution in [1.29, 1.82) is 0 Å². The molecule has 2 atom stereocenters.